The Kier molecular flexibility index (Phi) is 4.04. The van der Waals surface area contributed by atoms with Crippen molar-refractivity contribution in [3.05, 3.63) is 29.8 Å². The van der Waals surface area contributed by atoms with Crippen molar-refractivity contribution in [2.45, 2.75) is 32.6 Å². The molecule has 0 spiro atoms. The average molecular weight is 241 g/mol. The first kappa shape index (κ1) is 12.7. The van der Waals surface area contributed by atoms with E-state index in [1.165, 1.54) is 0 Å². The molecule has 0 aromatic heterocycles. The van der Waals surface area contributed by atoms with Crippen LogP contribution in [0.2, 0.25) is 0 Å². The number of carbonyl (C=O) groups is 1. The zero-order valence-electron chi connectivity index (χ0n) is 10.8. The van der Waals surface area contributed by atoms with Gasteiger partial charge in [-0.1, -0.05) is 18.9 Å². The van der Waals surface area contributed by atoms with Gasteiger partial charge in [0, 0.05) is 17.2 Å². The fourth-order valence-corrected chi connectivity index (χ4v) is 2.45. The Morgan fingerprint density at radius 2 is 2.06 bits per heavy atom. The minimum atomic E-state index is 0.135. The number of hydrogen-bond donors (Lipinski definition) is 1. The average Bonchev–Trinajstić information content (AvgIpc) is 2.39. The van der Waals surface area contributed by atoms with E-state index in [4.69, 9.17) is 6.42 Å². The van der Waals surface area contributed by atoms with Crippen LogP contribution in [0.5, 0.6) is 0 Å². The van der Waals surface area contributed by atoms with Gasteiger partial charge in [0.25, 0.3) is 0 Å². The molecule has 2 nitrogen and oxygen atoms in total. The van der Waals surface area contributed by atoms with Crippen molar-refractivity contribution in [2.24, 2.45) is 11.8 Å². The van der Waals surface area contributed by atoms with Gasteiger partial charge in [-0.25, -0.2) is 0 Å². The smallest absolute Gasteiger partial charge is 0.227 e. The van der Waals surface area contributed by atoms with E-state index in [2.05, 4.69) is 18.2 Å². The fourth-order valence-electron chi connectivity index (χ4n) is 2.45. The fraction of sp³-hybridized carbons (Fsp3) is 0.438. The van der Waals surface area contributed by atoms with E-state index in [1.807, 2.05) is 24.3 Å². The summed E-state index contributed by atoms with van der Waals surface area (Å²) in [5, 5.41) is 2.97. The van der Waals surface area contributed by atoms with Gasteiger partial charge in [-0.05, 0) is 49.8 Å². The van der Waals surface area contributed by atoms with Crippen molar-refractivity contribution >= 4 is 11.6 Å². The molecule has 1 aliphatic carbocycles. The quantitative estimate of drug-likeness (QED) is 0.790. The van der Waals surface area contributed by atoms with Crippen LogP contribution < -0.4 is 5.32 Å². The van der Waals surface area contributed by atoms with Crippen molar-refractivity contribution in [2.75, 3.05) is 5.32 Å². The molecule has 0 unspecified atom stereocenters. The number of anilines is 1. The molecule has 1 saturated carbocycles. The Morgan fingerprint density at radius 1 is 1.33 bits per heavy atom. The SMILES string of the molecule is C#Cc1cccc(NC(=O)C2CCC(C)CC2)c1. The zero-order chi connectivity index (χ0) is 13.0. The van der Waals surface area contributed by atoms with E-state index in [0.717, 1.165) is 42.9 Å². The Balaban J connectivity index is 1.96. The molecule has 0 radical (unpaired) electrons. The number of amides is 1. The monoisotopic (exact) mass is 241 g/mol. The van der Waals surface area contributed by atoms with Gasteiger partial charge in [0.2, 0.25) is 5.91 Å². The molecule has 1 aromatic carbocycles. The summed E-state index contributed by atoms with van der Waals surface area (Å²) in [7, 11) is 0. The van der Waals surface area contributed by atoms with Crippen LogP contribution in [0.4, 0.5) is 5.69 Å². The third kappa shape index (κ3) is 3.13. The zero-order valence-corrected chi connectivity index (χ0v) is 10.8. The summed E-state index contributed by atoms with van der Waals surface area (Å²) in [6, 6.07) is 7.44. The summed E-state index contributed by atoms with van der Waals surface area (Å²) in [5.41, 5.74) is 1.60. The molecule has 18 heavy (non-hydrogen) atoms. The van der Waals surface area contributed by atoms with E-state index < -0.39 is 0 Å². The van der Waals surface area contributed by atoms with Gasteiger partial charge >= 0.3 is 0 Å². The maximum absolute atomic E-state index is 12.1. The van der Waals surface area contributed by atoms with Crippen LogP contribution in [0.25, 0.3) is 0 Å². The highest BCUT2D eigenvalue weighted by molar-refractivity contribution is 5.92. The molecule has 1 aliphatic rings. The number of hydrogen-bond acceptors (Lipinski definition) is 1. The normalized spacial score (nSPS) is 23.1. The highest BCUT2D eigenvalue weighted by atomic mass is 16.1. The summed E-state index contributed by atoms with van der Waals surface area (Å²) in [6.07, 6.45) is 9.66. The molecule has 1 fully saturated rings. The molecule has 2 heteroatoms. The van der Waals surface area contributed by atoms with Crippen LogP contribution in [0, 0.1) is 24.2 Å². The molecule has 94 valence electrons. The van der Waals surface area contributed by atoms with Crippen molar-refractivity contribution < 1.29 is 4.79 Å². The Bertz CT molecular complexity index is 464. The van der Waals surface area contributed by atoms with Crippen LogP contribution in [-0.4, -0.2) is 5.91 Å². The van der Waals surface area contributed by atoms with Crippen LogP contribution in [0.15, 0.2) is 24.3 Å². The Labute approximate surface area is 109 Å². The van der Waals surface area contributed by atoms with Crippen LogP contribution in [0.3, 0.4) is 0 Å². The molecule has 0 bridgehead atoms. The van der Waals surface area contributed by atoms with Crippen molar-refractivity contribution in [1.29, 1.82) is 0 Å². The lowest BCUT2D eigenvalue weighted by Gasteiger charge is -2.25. The summed E-state index contributed by atoms with van der Waals surface area (Å²) in [4.78, 5) is 12.1. The molecule has 0 aliphatic heterocycles. The van der Waals surface area contributed by atoms with Gasteiger partial charge < -0.3 is 5.32 Å². The van der Waals surface area contributed by atoms with Crippen LogP contribution in [0.1, 0.15) is 38.2 Å². The standard InChI is InChI=1S/C16H19NO/c1-3-13-5-4-6-15(11-13)17-16(18)14-9-7-12(2)8-10-14/h1,4-6,11-12,14H,7-10H2,2H3,(H,17,18). The van der Waals surface area contributed by atoms with Gasteiger partial charge in [-0.3, -0.25) is 4.79 Å². The van der Waals surface area contributed by atoms with Gasteiger partial charge in [0.1, 0.15) is 0 Å². The summed E-state index contributed by atoms with van der Waals surface area (Å²) in [6.45, 7) is 2.25. The summed E-state index contributed by atoms with van der Waals surface area (Å²) < 4.78 is 0. The van der Waals surface area contributed by atoms with Crippen molar-refractivity contribution in [3.63, 3.8) is 0 Å². The van der Waals surface area contributed by atoms with Crippen molar-refractivity contribution in [1.82, 2.24) is 0 Å². The highest BCUT2D eigenvalue weighted by Gasteiger charge is 2.24. The van der Waals surface area contributed by atoms with Crippen LogP contribution >= 0.6 is 0 Å². The largest absolute Gasteiger partial charge is 0.326 e. The molecule has 2 rings (SSSR count). The second-order valence-corrected chi connectivity index (χ2v) is 5.17. The molecule has 0 saturated heterocycles. The second-order valence-electron chi connectivity index (χ2n) is 5.17. The summed E-state index contributed by atoms with van der Waals surface area (Å²) >= 11 is 0. The Morgan fingerprint density at radius 3 is 2.72 bits per heavy atom. The number of nitrogens with one attached hydrogen (secondary N) is 1. The maximum Gasteiger partial charge on any atom is 0.227 e. The third-order valence-corrected chi connectivity index (χ3v) is 3.68. The van der Waals surface area contributed by atoms with E-state index in [0.29, 0.717) is 0 Å². The van der Waals surface area contributed by atoms with E-state index in [1.54, 1.807) is 0 Å². The van der Waals surface area contributed by atoms with E-state index >= 15 is 0 Å². The van der Waals surface area contributed by atoms with Gasteiger partial charge in [-0.15, -0.1) is 6.42 Å². The van der Waals surface area contributed by atoms with E-state index in [-0.39, 0.29) is 11.8 Å². The minimum absolute atomic E-state index is 0.135. The number of carbonyl (C=O) groups excluding carboxylic acids is 1. The number of benzene rings is 1. The molecule has 1 amide bonds. The lowest BCUT2D eigenvalue weighted by atomic mass is 9.82. The number of terminal acetylenes is 1. The molecule has 0 heterocycles. The van der Waals surface area contributed by atoms with Gasteiger partial charge in [0.15, 0.2) is 0 Å². The summed E-state index contributed by atoms with van der Waals surface area (Å²) in [5.74, 6) is 3.64. The molecule has 1 N–H and O–H groups in total. The van der Waals surface area contributed by atoms with Gasteiger partial charge in [0.05, 0.1) is 0 Å². The topological polar surface area (TPSA) is 29.1 Å². The predicted molar refractivity (Wildman–Crippen MR) is 74.1 cm³/mol. The maximum atomic E-state index is 12.1. The molecular weight excluding hydrogens is 222 g/mol. The lowest BCUT2D eigenvalue weighted by molar-refractivity contribution is -0.121. The number of rotatable bonds is 2. The molecule has 1 aromatic rings. The second kappa shape index (κ2) is 5.73. The molecular formula is C16H19NO. The first-order valence-electron chi connectivity index (χ1n) is 6.56. The van der Waals surface area contributed by atoms with Crippen molar-refractivity contribution in [3.8, 4) is 12.3 Å². The Hall–Kier alpha value is -1.75. The first-order chi connectivity index (χ1) is 8.69. The van der Waals surface area contributed by atoms with Crippen LogP contribution in [-0.2, 0) is 4.79 Å². The molecule has 0 atom stereocenters. The minimum Gasteiger partial charge on any atom is -0.326 e. The van der Waals surface area contributed by atoms with Gasteiger partial charge in [-0.2, -0.15) is 0 Å². The highest BCUT2D eigenvalue weighted by Crippen LogP contribution is 2.29. The predicted octanol–water partition coefficient (Wildman–Crippen LogP) is 3.43. The first-order valence-corrected chi connectivity index (χ1v) is 6.56. The van der Waals surface area contributed by atoms with E-state index in [9.17, 15) is 4.79 Å². The third-order valence-electron chi connectivity index (χ3n) is 3.68. The lowest BCUT2D eigenvalue weighted by Crippen LogP contribution is -2.26.